The minimum atomic E-state index is -1.01. The Kier molecular flexibility index (Phi) is 4.34. The van der Waals surface area contributed by atoms with Crippen molar-refractivity contribution in [3.05, 3.63) is 40.4 Å². The second-order valence-corrected chi connectivity index (χ2v) is 3.43. The first-order valence-electron chi connectivity index (χ1n) is 4.45. The van der Waals surface area contributed by atoms with Gasteiger partial charge >= 0.3 is 5.97 Å². The molecule has 0 heterocycles. The summed E-state index contributed by atoms with van der Waals surface area (Å²) in [7, 11) is 0. The number of carboxylic acid groups (broad SMARTS) is 1. The maximum atomic E-state index is 10.7. The molecule has 1 rings (SSSR count). The molecule has 80 valence electrons. The average Bonchev–Trinajstić information content (AvgIpc) is 2.17. The highest BCUT2D eigenvalue weighted by Gasteiger charge is 2.04. The molecule has 0 aliphatic heterocycles. The predicted molar refractivity (Wildman–Crippen MR) is 59.1 cm³/mol. The third-order valence-electron chi connectivity index (χ3n) is 1.77. The molecule has 4 heteroatoms. The van der Waals surface area contributed by atoms with Gasteiger partial charge in [0.2, 0.25) is 0 Å². The van der Waals surface area contributed by atoms with Crippen LogP contribution in [0.15, 0.2) is 24.3 Å². The fourth-order valence-corrected chi connectivity index (χ4v) is 1.37. The maximum absolute atomic E-state index is 10.7. The van der Waals surface area contributed by atoms with Crippen LogP contribution >= 0.6 is 11.6 Å². The van der Waals surface area contributed by atoms with Crippen molar-refractivity contribution in [1.82, 2.24) is 0 Å². The lowest BCUT2D eigenvalue weighted by Gasteiger charge is -1.99. The van der Waals surface area contributed by atoms with Gasteiger partial charge in [-0.25, -0.2) is 4.79 Å². The summed E-state index contributed by atoms with van der Waals surface area (Å²) < 4.78 is 0. The SMILES string of the molecule is O=C(O)c1cc(Cl)cc(C=CCCO)c1. The summed E-state index contributed by atoms with van der Waals surface area (Å²) in [6.45, 7) is 0.0723. The molecule has 0 unspecified atom stereocenters. The second kappa shape index (κ2) is 5.53. The number of halogens is 1. The van der Waals surface area contributed by atoms with Gasteiger partial charge in [0, 0.05) is 11.6 Å². The van der Waals surface area contributed by atoms with Crippen molar-refractivity contribution in [2.75, 3.05) is 6.61 Å². The molecular weight excluding hydrogens is 216 g/mol. The van der Waals surface area contributed by atoms with Crippen molar-refractivity contribution in [3.63, 3.8) is 0 Å². The van der Waals surface area contributed by atoms with Gasteiger partial charge in [0.15, 0.2) is 0 Å². The van der Waals surface area contributed by atoms with E-state index in [2.05, 4.69) is 0 Å². The Bertz CT molecular complexity index is 385. The van der Waals surface area contributed by atoms with Gasteiger partial charge in [-0.05, 0) is 30.2 Å². The standard InChI is InChI=1S/C11H11ClO3/c12-10-6-8(3-1-2-4-13)5-9(7-10)11(14)15/h1,3,5-7,13H,2,4H2,(H,14,15). The van der Waals surface area contributed by atoms with Crippen LogP contribution in [0.1, 0.15) is 22.3 Å². The number of carboxylic acids is 1. The van der Waals surface area contributed by atoms with Gasteiger partial charge in [-0.2, -0.15) is 0 Å². The summed E-state index contributed by atoms with van der Waals surface area (Å²) in [6, 6.07) is 4.59. The third kappa shape index (κ3) is 3.73. The van der Waals surface area contributed by atoms with E-state index in [1.54, 1.807) is 18.2 Å². The van der Waals surface area contributed by atoms with Crippen LogP contribution in [-0.2, 0) is 0 Å². The Morgan fingerprint density at radius 3 is 2.73 bits per heavy atom. The Hall–Kier alpha value is -1.32. The van der Waals surface area contributed by atoms with Crippen molar-refractivity contribution >= 4 is 23.6 Å². The lowest BCUT2D eigenvalue weighted by molar-refractivity contribution is 0.0697. The number of hydrogen-bond donors (Lipinski definition) is 2. The molecule has 0 radical (unpaired) electrons. The molecule has 0 aliphatic rings. The van der Waals surface area contributed by atoms with Crippen LogP contribution in [0.25, 0.3) is 6.08 Å². The van der Waals surface area contributed by atoms with Crippen LogP contribution in [0, 0.1) is 0 Å². The zero-order valence-electron chi connectivity index (χ0n) is 7.98. The molecule has 0 fully saturated rings. The summed E-state index contributed by atoms with van der Waals surface area (Å²) >= 11 is 5.76. The molecule has 1 aromatic rings. The normalized spacial score (nSPS) is 10.8. The molecule has 0 aliphatic carbocycles. The van der Waals surface area contributed by atoms with Crippen molar-refractivity contribution in [2.45, 2.75) is 6.42 Å². The highest BCUT2D eigenvalue weighted by Crippen LogP contribution is 2.16. The van der Waals surface area contributed by atoms with E-state index < -0.39 is 5.97 Å². The first kappa shape index (κ1) is 11.8. The van der Waals surface area contributed by atoms with E-state index in [4.69, 9.17) is 21.8 Å². The molecule has 0 bridgehead atoms. The molecule has 2 N–H and O–H groups in total. The molecule has 0 saturated carbocycles. The molecule has 0 atom stereocenters. The molecule has 15 heavy (non-hydrogen) atoms. The number of rotatable bonds is 4. The van der Waals surface area contributed by atoms with Gasteiger partial charge in [0.05, 0.1) is 5.56 Å². The minimum Gasteiger partial charge on any atom is -0.478 e. The molecule has 0 saturated heterocycles. The lowest BCUT2D eigenvalue weighted by atomic mass is 10.1. The Morgan fingerprint density at radius 2 is 2.13 bits per heavy atom. The largest absolute Gasteiger partial charge is 0.478 e. The summed E-state index contributed by atoms with van der Waals surface area (Å²) in [4.78, 5) is 10.7. The Labute approximate surface area is 92.6 Å². The number of aliphatic hydroxyl groups is 1. The Morgan fingerprint density at radius 1 is 1.40 bits per heavy atom. The fourth-order valence-electron chi connectivity index (χ4n) is 1.13. The third-order valence-corrected chi connectivity index (χ3v) is 1.99. The van der Waals surface area contributed by atoms with Crippen LogP contribution in [-0.4, -0.2) is 22.8 Å². The summed E-state index contributed by atoms with van der Waals surface area (Å²) in [5.74, 6) is -1.01. The second-order valence-electron chi connectivity index (χ2n) is 2.99. The van der Waals surface area contributed by atoms with Crippen molar-refractivity contribution in [1.29, 1.82) is 0 Å². The van der Waals surface area contributed by atoms with Crippen molar-refractivity contribution < 1.29 is 15.0 Å². The number of aliphatic hydroxyl groups excluding tert-OH is 1. The number of benzene rings is 1. The monoisotopic (exact) mass is 226 g/mol. The lowest BCUT2D eigenvalue weighted by Crippen LogP contribution is -1.96. The molecule has 1 aromatic carbocycles. The van der Waals surface area contributed by atoms with E-state index in [-0.39, 0.29) is 12.2 Å². The van der Waals surface area contributed by atoms with E-state index >= 15 is 0 Å². The average molecular weight is 227 g/mol. The van der Waals surface area contributed by atoms with Gasteiger partial charge in [0.25, 0.3) is 0 Å². The zero-order valence-corrected chi connectivity index (χ0v) is 8.74. The summed E-state index contributed by atoms with van der Waals surface area (Å²) in [5.41, 5.74) is 0.875. The van der Waals surface area contributed by atoms with Gasteiger partial charge in [-0.3, -0.25) is 0 Å². The first-order valence-corrected chi connectivity index (χ1v) is 4.82. The molecular formula is C11H11ClO3. The topological polar surface area (TPSA) is 57.5 Å². The zero-order chi connectivity index (χ0) is 11.3. The van der Waals surface area contributed by atoms with Crippen LogP contribution in [0.2, 0.25) is 5.02 Å². The molecule has 0 amide bonds. The van der Waals surface area contributed by atoms with Gasteiger partial charge in [-0.1, -0.05) is 23.8 Å². The first-order chi connectivity index (χ1) is 7.13. The summed E-state index contributed by atoms with van der Waals surface area (Å²) in [6.07, 6.45) is 4.03. The van der Waals surface area contributed by atoms with Crippen LogP contribution in [0.5, 0.6) is 0 Å². The quantitative estimate of drug-likeness (QED) is 0.829. The van der Waals surface area contributed by atoms with Gasteiger partial charge in [0.1, 0.15) is 0 Å². The Balaban J connectivity index is 2.93. The fraction of sp³-hybridized carbons (Fsp3) is 0.182. The predicted octanol–water partition coefficient (Wildman–Crippen LogP) is 2.43. The molecule has 0 aromatic heterocycles. The van der Waals surface area contributed by atoms with Crippen LogP contribution in [0.4, 0.5) is 0 Å². The minimum absolute atomic E-state index is 0.0723. The van der Waals surface area contributed by atoms with E-state index in [0.29, 0.717) is 17.0 Å². The van der Waals surface area contributed by atoms with E-state index in [0.717, 1.165) is 0 Å². The van der Waals surface area contributed by atoms with Crippen molar-refractivity contribution in [3.8, 4) is 0 Å². The highest BCUT2D eigenvalue weighted by atomic mass is 35.5. The van der Waals surface area contributed by atoms with Crippen LogP contribution < -0.4 is 0 Å². The van der Waals surface area contributed by atoms with E-state index in [1.807, 2.05) is 0 Å². The maximum Gasteiger partial charge on any atom is 0.335 e. The van der Waals surface area contributed by atoms with Crippen molar-refractivity contribution in [2.24, 2.45) is 0 Å². The highest BCUT2D eigenvalue weighted by molar-refractivity contribution is 6.31. The number of hydrogen-bond acceptors (Lipinski definition) is 2. The smallest absolute Gasteiger partial charge is 0.335 e. The van der Waals surface area contributed by atoms with E-state index in [1.165, 1.54) is 12.1 Å². The number of carbonyl (C=O) groups is 1. The molecule has 0 spiro atoms. The van der Waals surface area contributed by atoms with Gasteiger partial charge in [-0.15, -0.1) is 0 Å². The van der Waals surface area contributed by atoms with Crippen LogP contribution in [0.3, 0.4) is 0 Å². The van der Waals surface area contributed by atoms with E-state index in [9.17, 15) is 4.79 Å². The number of aromatic carboxylic acids is 1. The van der Waals surface area contributed by atoms with Gasteiger partial charge < -0.3 is 10.2 Å². The molecule has 3 nitrogen and oxygen atoms in total. The summed E-state index contributed by atoms with van der Waals surface area (Å²) in [5, 5.41) is 17.7.